The Hall–Kier alpha value is -1.19. The number of hydrogen-bond donors (Lipinski definition) is 1. The van der Waals surface area contributed by atoms with Gasteiger partial charge in [-0.15, -0.1) is 0 Å². The Kier molecular flexibility index (Phi) is 7.06. The van der Waals surface area contributed by atoms with Crippen LogP contribution in [0, 0.1) is 6.92 Å². The molecule has 0 bridgehead atoms. The van der Waals surface area contributed by atoms with Gasteiger partial charge < -0.3 is 5.11 Å². The first kappa shape index (κ1) is 17.9. The molecule has 21 heavy (non-hydrogen) atoms. The van der Waals surface area contributed by atoms with Crippen molar-refractivity contribution in [3.05, 3.63) is 34.9 Å². The van der Waals surface area contributed by atoms with Crippen LogP contribution < -0.4 is 0 Å². The standard InChI is InChI=1S/C18H29NO2/c1-6-16-9-7-13(2)17(11-16)12-19(5)18(15(4)21)10-8-14(3)20/h7,9,11,14,18,20H,6,8,10,12H2,1-5H3. The number of aliphatic hydroxyl groups is 1. The lowest BCUT2D eigenvalue weighted by atomic mass is 10.0. The average molecular weight is 291 g/mol. The molecule has 3 nitrogen and oxygen atoms in total. The Bertz CT molecular complexity index is 468. The molecule has 118 valence electrons. The number of rotatable bonds is 8. The van der Waals surface area contributed by atoms with E-state index in [1.807, 2.05) is 7.05 Å². The van der Waals surface area contributed by atoms with Gasteiger partial charge in [-0.2, -0.15) is 0 Å². The molecule has 3 heteroatoms. The molecule has 0 heterocycles. The lowest BCUT2D eigenvalue weighted by molar-refractivity contribution is -0.122. The summed E-state index contributed by atoms with van der Waals surface area (Å²) >= 11 is 0. The van der Waals surface area contributed by atoms with Crippen molar-refractivity contribution in [2.45, 2.75) is 65.6 Å². The normalized spacial score (nSPS) is 14.2. The molecule has 0 fully saturated rings. The molecule has 2 atom stereocenters. The second-order valence-electron chi connectivity index (χ2n) is 6.08. The van der Waals surface area contributed by atoms with Crippen molar-refractivity contribution in [3.63, 3.8) is 0 Å². The molecule has 0 aliphatic heterocycles. The van der Waals surface area contributed by atoms with Crippen LogP contribution in [-0.4, -0.2) is 35.0 Å². The predicted molar refractivity (Wildman–Crippen MR) is 87.4 cm³/mol. The lowest BCUT2D eigenvalue weighted by Crippen LogP contribution is -2.37. The lowest BCUT2D eigenvalue weighted by Gasteiger charge is -2.27. The van der Waals surface area contributed by atoms with E-state index < -0.39 is 0 Å². The van der Waals surface area contributed by atoms with E-state index in [9.17, 15) is 9.90 Å². The van der Waals surface area contributed by atoms with Gasteiger partial charge in [0.15, 0.2) is 0 Å². The van der Waals surface area contributed by atoms with Crippen LogP contribution in [0.15, 0.2) is 18.2 Å². The SMILES string of the molecule is CCc1ccc(C)c(CN(C)C(CCC(C)O)C(C)=O)c1. The fraction of sp³-hybridized carbons (Fsp3) is 0.611. The van der Waals surface area contributed by atoms with Crippen molar-refractivity contribution in [3.8, 4) is 0 Å². The van der Waals surface area contributed by atoms with Crippen LogP contribution in [0.5, 0.6) is 0 Å². The van der Waals surface area contributed by atoms with Crippen LogP contribution in [0.4, 0.5) is 0 Å². The molecule has 1 aromatic carbocycles. The molecule has 1 N–H and O–H groups in total. The van der Waals surface area contributed by atoms with Crippen molar-refractivity contribution < 1.29 is 9.90 Å². The maximum Gasteiger partial charge on any atom is 0.146 e. The smallest absolute Gasteiger partial charge is 0.146 e. The van der Waals surface area contributed by atoms with Gasteiger partial charge in [-0.25, -0.2) is 0 Å². The van der Waals surface area contributed by atoms with Gasteiger partial charge in [-0.1, -0.05) is 25.1 Å². The Morgan fingerprint density at radius 1 is 1.33 bits per heavy atom. The van der Waals surface area contributed by atoms with Crippen LogP contribution in [0.25, 0.3) is 0 Å². The van der Waals surface area contributed by atoms with Crippen LogP contribution >= 0.6 is 0 Å². The van der Waals surface area contributed by atoms with Crippen molar-refractivity contribution in [1.29, 1.82) is 0 Å². The molecule has 1 rings (SSSR count). The summed E-state index contributed by atoms with van der Waals surface area (Å²) in [7, 11) is 1.99. The van der Waals surface area contributed by atoms with E-state index in [0.717, 1.165) is 13.0 Å². The fourth-order valence-corrected chi connectivity index (χ4v) is 2.63. The summed E-state index contributed by atoms with van der Waals surface area (Å²) in [6.07, 6.45) is 2.03. The number of hydrogen-bond acceptors (Lipinski definition) is 3. The molecule has 2 unspecified atom stereocenters. The maximum absolute atomic E-state index is 11.9. The zero-order valence-corrected chi connectivity index (χ0v) is 14.0. The van der Waals surface area contributed by atoms with E-state index in [1.54, 1.807) is 13.8 Å². The van der Waals surface area contributed by atoms with E-state index in [0.29, 0.717) is 12.8 Å². The highest BCUT2D eigenvalue weighted by Crippen LogP contribution is 2.17. The third-order valence-electron chi connectivity index (χ3n) is 4.10. The topological polar surface area (TPSA) is 40.5 Å². The number of benzene rings is 1. The summed E-state index contributed by atoms with van der Waals surface area (Å²) < 4.78 is 0. The first-order chi connectivity index (χ1) is 9.85. The number of ketones is 1. The van der Waals surface area contributed by atoms with E-state index in [2.05, 4.69) is 36.9 Å². The summed E-state index contributed by atoms with van der Waals surface area (Å²) in [5.74, 6) is 0.169. The number of likely N-dealkylation sites (N-methyl/N-ethyl adjacent to an activating group) is 1. The Morgan fingerprint density at radius 3 is 2.52 bits per heavy atom. The average Bonchev–Trinajstić information content (AvgIpc) is 2.40. The van der Waals surface area contributed by atoms with Gasteiger partial charge in [0.2, 0.25) is 0 Å². The maximum atomic E-state index is 11.9. The van der Waals surface area contributed by atoms with Gasteiger partial charge >= 0.3 is 0 Å². The van der Waals surface area contributed by atoms with Crippen LogP contribution in [-0.2, 0) is 17.8 Å². The van der Waals surface area contributed by atoms with Crippen molar-refractivity contribution in [2.24, 2.45) is 0 Å². The monoisotopic (exact) mass is 291 g/mol. The third-order valence-corrected chi connectivity index (χ3v) is 4.10. The van der Waals surface area contributed by atoms with Crippen LogP contribution in [0.2, 0.25) is 0 Å². The van der Waals surface area contributed by atoms with Gasteiger partial charge in [0, 0.05) is 6.54 Å². The summed E-state index contributed by atoms with van der Waals surface area (Å²) in [6, 6.07) is 6.43. The number of nitrogens with zero attached hydrogens (tertiary/aromatic N) is 1. The highest BCUT2D eigenvalue weighted by molar-refractivity contribution is 5.81. The molecule has 0 aliphatic carbocycles. The van der Waals surface area contributed by atoms with Gasteiger partial charge in [0.25, 0.3) is 0 Å². The third kappa shape index (κ3) is 5.60. The summed E-state index contributed by atoms with van der Waals surface area (Å²) in [6.45, 7) is 8.44. The summed E-state index contributed by atoms with van der Waals surface area (Å²) in [4.78, 5) is 14.0. The van der Waals surface area contributed by atoms with Crippen LogP contribution in [0.3, 0.4) is 0 Å². The Morgan fingerprint density at radius 2 is 2.00 bits per heavy atom. The van der Waals surface area contributed by atoms with E-state index in [1.165, 1.54) is 16.7 Å². The minimum Gasteiger partial charge on any atom is -0.393 e. The van der Waals surface area contributed by atoms with Gasteiger partial charge in [0.1, 0.15) is 5.78 Å². The molecule has 1 aromatic rings. The molecule has 0 radical (unpaired) electrons. The Labute approximate surface area is 129 Å². The molecule has 0 aliphatic rings. The fourth-order valence-electron chi connectivity index (χ4n) is 2.63. The van der Waals surface area contributed by atoms with Crippen molar-refractivity contribution in [1.82, 2.24) is 4.90 Å². The largest absolute Gasteiger partial charge is 0.393 e. The number of carbonyl (C=O) groups excluding carboxylic acids is 1. The number of Topliss-reactive ketones (excluding diaryl/α,β-unsaturated/α-hetero) is 1. The predicted octanol–water partition coefficient (Wildman–Crippen LogP) is 3.11. The summed E-state index contributed by atoms with van der Waals surface area (Å²) in [5, 5.41) is 9.44. The van der Waals surface area contributed by atoms with Gasteiger partial charge in [-0.05, 0) is 63.8 Å². The quantitative estimate of drug-likeness (QED) is 0.800. The number of aryl methyl sites for hydroxylation is 2. The van der Waals surface area contributed by atoms with E-state index in [-0.39, 0.29) is 17.9 Å². The molecular weight excluding hydrogens is 262 g/mol. The molecule has 0 spiro atoms. The van der Waals surface area contributed by atoms with E-state index in [4.69, 9.17) is 0 Å². The van der Waals surface area contributed by atoms with Gasteiger partial charge in [0.05, 0.1) is 12.1 Å². The second-order valence-corrected chi connectivity index (χ2v) is 6.08. The molecule has 0 amide bonds. The molecule has 0 saturated heterocycles. The second kappa shape index (κ2) is 8.30. The zero-order valence-electron chi connectivity index (χ0n) is 14.0. The van der Waals surface area contributed by atoms with E-state index >= 15 is 0 Å². The highest BCUT2D eigenvalue weighted by Gasteiger charge is 2.20. The highest BCUT2D eigenvalue weighted by atomic mass is 16.3. The summed E-state index contributed by atoms with van der Waals surface area (Å²) in [5.41, 5.74) is 3.87. The molecule has 0 saturated carbocycles. The molecule has 0 aromatic heterocycles. The number of carbonyl (C=O) groups is 1. The van der Waals surface area contributed by atoms with Crippen LogP contribution in [0.1, 0.15) is 50.3 Å². The Balaban J connectivity index is 2.81. The van der Waals surface area contributed by atoms with Crippen molar-refractivity contribution >= 4 is 5.78 Å². The zero-order chi connectivity index (χ0) is 16.0. The first-order valence-electron chi connectivity index (χ1n) is 7.82. The minimum absolute atomic E-state index is 0.121. The minimum atomic E-state index is -0.356. The van der Waals surface area contributed by atoms with Crippen molar-refractivity contribution in [2.75, 3.05) is 7.05 Å². The number of aliphatic hydroxyl groups excluding tert-OH is 1. The van der Waals surface area contributed by atoms with Gasteiger partial charge in [-0.3, -0.25) is 9.69 Å². The molecular formula is C18H29NO2. The first-order valence-corrected chi connectivity index (χ1v) is 7.82.